The van der Waals surface area contributed by atoms with Gasteiger partial charge < -0.3 is 156 Å². The molecule has 0 bridgehead atoms. The highest BCUT2D eigenvalue weighted by Gasteiger charge is 2.41. The number of rotatable bonds is 71. The Labute approximate surface area is 654 Å². The fourth-order valence-electron chi connectivity index (χ4n) is 12.3. The monoisotopic (exact) mass is 1590 g/mol. The van der Waals surface area contributed by atoms with E-state index in [2.05, 4.69) is 6.92 Å². The van der Waals surface area contributed by atoms with Crippen molar-refractivity contribution < 1.29 is 156 Å². The van der Waals surface area contributed by atoms with Gasteiger partial charge >= 0.3 is 0 Å². The van der Waals surface area contributed by atoms with Crippen LogP contribution in [-0.2, 0) is 156 Å². The molecule has 0 aliphatic heterocycles. The summed E-state index contributed by atoms with van der Waals surface area (Å²) in [7, 11) is 49.5. The molecule has 33 heteroatoms. The van der Waals surface area contributed by atoms with E-state index in [1.807, 2.05) is 0 Å². The fourth-order valence-corrected chi connectivity index (χ4v) is 12.3. The summed E-state index contributed by atoms with van der Waals surface area (Å²) >= 11 is 0. The van der Waals surface area contributed by atoms with Gasteiger partial charge in [-0.1, -0.05) is 6.92 Å². The van der Waals surface area contributed by atoms with Crippen molar-refractivity contribution in [3.05, 3.63) is 0 Å². The lowest BCUT2D eigenvalue weighted by molar-refractivity contribution is -0.166. The summed E-state index contributed by atoms with van der Waals surface area (Å²) in [6.07, 6.45) is -0.0123. The summed E-state index contributed by atoms with van der Waals surface area (Å²) in [4.78, 5) is 0. The van der Waals surface area contributed by atoms with Gasteiger partial charge in [0.25, 0.3) is 0 Å². The predicted molar refractivity (Wildman–Crippen MR) is 411 cm³/mol. The Kier molecular flexibility index (Phi) is 86.5. The molecule has 0 aliphatic rings. The van der Waals surface area contributed by atoms with Gasteiger partial charge in [-0.2, -0.15) is 0 Å². The zero-order valence-electron chi connectivity index (χ0n) is 73.5. The largest absolute Gasteiger partial charge is 0.384 e. The van der Waals surface area contributed by atoms with Gasteiger partial charge in [0.05, 0.1) is 237 Å². The van der Waals surface area contributed by atoms with E-state index in [0.717, 1.165) is 6.42 Å². The quantitative estimate of drug-likeness (QED) is 0.0808. The molecule has 0 saturated heterocycles. The van der Waals surface area contributed by atoms with Crippen LogP contribution >= 0.6 is 0 Å². The van der Waals surface area contributed by atoms with Gasteiger partial charge in [0.1, 0.15) is 30.5 Å². The Bertz CT molecular complexity index is 1570. The summed E-state index contributed by atoms with van der Waals surface area (Å²) in [5, 5.41) is 0. The van der Waals surface area contributed by atoms with Crippen LogP contribution in [0.3, 0.4) is 0 Å². The normalized spacial score (nSPS) is 13.4. The van der Waals surface area contributed by atoms with Crippen LogP contribution in [-0.4, -0.2) is 449 Å². The second-order valence-electron chi connectivity index (χ2n) is 27.1. The van der Waals surface area contributed by atoms with E-state index in [4.69, 9.17) is 156 Å². The Morgan fingerprint density at radius 3 is 0.426 bits per heavy atom. The molecule has 0 fully saturated rings. The molecule has 0 radical (unpaired) electrons. The van der Waals surface area contributed by atoms with Crippen LogP contribution in [0.25, 0.3) is 0 Å². The smallest absolute Gasteiger partial charge is 0.114 e. The topological polar surface area (TPSA) is 305 Å². The van der Waals surface area contributed by atoms with Gasteiger partial charge in [-0.25, -0.2) is 0 Å². The molecule has 0 heterocycles. The number of hydrogen-bond acceptors (Lipinski definition) is 33. The van der Waals surface area contributed by atoms with Gasteiger partial charge in [0.15, 0.2) is 0 Å². The molecule has 0 saturated carbocycles. The van der Waals surface area contributed by atoms with E-state index in [9.17, 15) is 0 Å². The fraction of sp³-hybridized carbons (Fsp3) is 1.00. The molecule has 0 spiro atoms. The van der Waals surface area contributed by atoms with Crippen molar-refractivity contribution in [1.29, 1.82) is 0 Å². The van der Waals surface area contributed by atoms with Crippen molar-refractivity contribution in [2.45, 2.75) is 43.9 Å². The first-order valence-electron chi connectivity index (χ1n) is 35.6. The Morgan fingerprint density at radius 2 is 0.306 bits per heavy atom. The maximum atomic E-state index is 6.20. The molecule has 0 N–H and O–H groups in total. The van der Waals surface area contributed by atoms with Crippen molar-refractivity contribution >= 4 is 0 Å². The van der Waals surface area contributed by atoms with Crippen LogP contribution in [0.5, 0.6) is 0 Å². The zero-order chi connectivity index (χ0) is 83.3. The van der Waals surface area contributed by atoms with Gasteiger partial charge in [-0.3, -0.25) is 0 Å². The van der Waals surface area contributed by atoms with Crippen LogP contribution in [0.15, 0.2) is 0 Å². The maximum absolute atomic E-state index is 6.20. The third kappa shape index (κ3) is 54.5. The third-order valence-corrected chi connectivity index (χ3v) is 16.6. The second kappa shape index (κ2) is 79.5. The van der Waals surface area contributed by atoms with Crippen LogP contribution in [0.1, 0.15) is 13.3 Å². The minimum atomic E-state index is -0.512. The summed E-state index contributed by atoms with van der Waals surface area (Å²) in [5.74, 6) is 0. The second-order valence-corrected chi connectivity index (χ2v) is 27.1. The van der Waals surface area contributed by atoms with Gasteiger partial charge in [0, 0.05) is 219 Å². The summed E-state index contributed by atoms with van der Waals surface area (Å²) in [6.45, 7) is 17.3. The molecule has 108 heavy (non-hydrogen) atoms. The van der Waals surface area contributed by atoms with Gasteiger partial charge in [-0.05, 0) is 6.42 Å². The zero-order valence-corrected chi connectivity index (χ0v) is 73.5. The van der Waals surface area contributed by atoms with E-state index in [-0.39, 0.29) is 52.2 Å². The highest BCUT2D eigenvalue weighted by molar-refractivity contribution is 4.88. The molecule has 0 amide bonds. The molecule has 0 aliphatic carbocycles. The molecule has 660 valence electrons. The molecule has 0 rings (SSSR count). The lowest BCUT2D eigenvalue weighted by Gasteiger charge is -2.37. The van der Waals surface area contributed by atoms with E-state index in [1.165, 1.54) is 0 Å². The minimum Gasteiger partial charge on any atom is -0.384 e. The van der Waals surface area contributed by atoms with Crippen LogP contribution < -0.4 is 0 Å². The Hall–Kier alpha value is -1.32. The molecular formula is C75H162O33. The SMILES string of the molecule is CCC(COC)(COC)COC.COCC(COC)(COC)COC.COCC(COC)(COC)COCC(COC)(COC)COC.COCC(COC)(COC)COCC(COC)(COC)COCC(COC)(COC)COC.COCC(COC)OC.COCC(OC)C(OC)C(OC)C(COC)OC. The minimum absolute atomic E-state index is 0.0260. The number of ether oxygens (including phenoxy) is 33. The summed E-state index contributed by atoms with van der Waals surface area (Å²) < 4.78 is 176. The predicted octanol–water partition coefficient (Wildman–Crippen LogP) is 4.52. The van der Waals surface area contributed by atoms with E-state index >= 15 is 0 Å². The maximum Gasteiger partial charge on any atom is 0.114 e. The standard InChI is InChI=1S/C23H48O10.C16H34O7.C12H26O6.C9H20O4.C9H20O3.C6H14O3/c1-24-9-21(10-25-2,11-26-3)17-32-19-23(15-30-7,16-31-8)20-33-18-22(12-27-4,13-28-5)14-29-6;1-17-7-15(8-18-2,9-19-3)13-23-14-16(10-20-4,11-21-5)12-22-6;1-13-7-9(15-3)11(17-5)12(18-6)10(16-4)8-14-2;1-10-5-9(6-11-2,7-12-3)8-13-4;1-5-9(6-10-2,7-11-3)8-12-4;1-7-4-6(9-3)5-8-2/h9-20H2,1-8H3;7-14H2,1-6H3;9-12H,7-8H2,1-6H3;5-8H2,1-4H3;5-8H2,1-4H3;6H,4-5H2,1-3H3. The molecule has 0 aromatic heterocycles. The summed E-state index contributed by atoms with van der Waals surface area (Å²) in [5.41, 5.74) is -2.22. The van der Waals surface area contributed by atoms with Crippen LogP contribution in [0.2, 0.25) is 0 Å². The molecule has 0 aromatic carbocycles. The molecule has 4 atom stereocenters. The van der Waals surface area contributed by atoms with Gasteiger partial charge in [-0.15, -0.1) is 0 Å². The molecule has 0 aromatic rings. The molecular weight excluding hydrogens is 1430 g/mol. The van der Waals surface area contributed by atoms with Gasteiger partial charge in [0.2, 0.25) is 0 Å². The van der Waals surface area contributed by atoms with Crippen LogP contribution in [0, 0.1) is 37.9 Å². The third-order valence-electron chi connectivity index (χ3n) is 16.6. The average molecular weight is 1590 g/mol. The Balaban J connectivity index is -0.000000305. The lowest BCUT2D eigenvalue weighted by Crippen LogP contribution is -2.50. The summed E-state index contributed by atoms with van der Waals surface area (Å²) in [6, 6.07) is 0. The van der Waals surface area contributed by atoms with Crippen molar-refractivity contribution in [2.75, 3.05) is 418 Å². The van der Waals surface area contributed by atoms with Crippen molar-refractivity contribution in [1.82, 2.24) is 0 Å². The average Bonchev–Trinajstić information content (AvgIpc) is 0.852. The van der Waals surface area contributed by atoms with Crippen LogP contribution in [0.4, 0.5) is 0 Å². The number of methoxy groups -OCH3 is 30. The first-order valence-corrected chi connectivity index (χ1v) is 35.6. The highest BCUT2D eigenvalue weighted by Crippen LogP contribution is 2.29. The van der Waals surface area contributed by atoms with Crippen molar-refractivity contribution in [3.63, 3.8) is 0 Å². The Morgan fingerprint density at radius 1 is 0.157 bits per heavy atom. The van der Waals surface area contributed by atoms with E-state index < -0.39 is 16.2 Å². The number of hydrogen-bond donors (Lipinski definition) is 0. The molecule has 33 nitrogen and oxygen atoms in total. The first kappa shape index (κ1) is 118. The van der Waals surface area contributed by atoms with Crippen molar-refractivity contribution in [3.8, 4) is 0 Å². The lowest BCUT2D eigenvalue weighted by atomic mass is 9.88. The first-order chi connectivity index (χ1) is 52.0. The van der Waals surface area contributed by atoms with E-state index in [1.54, 1.807) is 213 Å². The molecule has 4 unspecified atom stereocenters. The van der Waals surface area contributed by atoms with Crippen molar-refractivity contribution in [2.24, 2.45) is 37.9 Å². The highest BCUT2D eigenvalue weighted by atomic mass is 16.6. The van der Waals surface area contributed by atoms with E-state index in [0.29, 0.717) is 205 Å².